The first-order valence-corrected chi connectivity index (χ1v) is 8.37. The van der Waals surface area contributed by atoms with Crippen molar-refractivity contribution >= 4 is 17.5 Å². The molecule has 0 aliphatic carbocycles. The summed E-state index contributed by atoms with van der Waals surface area (Å²) >= 11 is 0. The second-order valence-electron chi connectivity index (χ2n) is 6.11. The molecule has 1 saturated heterocycles. The third-order valence-corrected chi connectivity index (χ3v) is 4.22. The minimum absolute atomic E-state index is 0.0463. The van der Waals surface area contributed by atoms with Crippen molar-refractivity contribution in [2.24, 2.45) is 0 Å². The molecule has 1 aliphatic heterocycles. The molecule has 0 radical (unpaired) electrons. The van der Waals surface area contributed by atoms with E-state index in [-0.39, 0.29) is 12.3 Å². The maximum Gasteiger partial charge on any atom is 0.416 e. The Morgan fingerprint density at radius 2 is 1.77 bits per heavy atom. The Kier molecular flexibility index (Phi) is 5.35. The number of alkyl halides is 3. The molecular formula is C19H19F3N2O2. The van der Waals surface area contributed by atoms with Gasteiger partial charge < -0.3 is 9.64 Å². The Balaban J connectivity index is 1.76. The fourth-order valence-electron chi connectivity index (χ4n) is 2.92. The third kappa shape index (κ3) is 4.47. The molecule has 1 fully saturated rings. The number of carbonyl (C=O) groups excluding carboxylic acids is 1. The van der Waals surface area contributed by atoms with Crippen LogP contribution in [0.3, 0.4) is 0 Å². The summed E-state index contributed by atoms with van der Waals surface area (Å²) in [5, 5.41) is 2.47. The van der Waals surface area contributed by atoms with Crippen LogP contribution in [0.4, 0.5) is 29.3 Å². The molecule has 0 unspecified atom stereocenters. The van der Waals surface area contributed by atoms with Crippen molar-refractivity contribution in [3.63, 3.8) is 0 Å². The van der Waals surface area contributed by atoms with Crippen molar-refractivity contribution in [1.82, 2.24) is 0 Å². The number of nitrogens with zero attached hydrogens (tertiary/aromatic N) is 1. The van der Waals surface area contributed by atoms with Crippen LogP contribution in [0.1, 0.15) is 24.0 Å². The number of anilines is 2. The Bertz CT molecular complexity index is 757. The van der Waals surface area contributed by atoms with Crippen LogP contribution in [0, 0.1) is 0 Å². The highest BCUT2D eigenvalue weighted by atomic mass is 19.4. The van der Waals surface area contributed by atoms with Gasteiger partial charge in [0.2, 0.25) is 0 Å². The van der Waals surface area contributed by atoms with Crippen LogP contribution in [0.15, 0.2) is 48.5 Å². The number of ether oxygens (including phenoxy) is 1. The summed E-state index contributed by atoms with van der Waals surface area (Å²) in [5.41, 5.74) is 0.678. The molecule has 138 valence electrons. The predicted molar refractivity (Wildman–Crippen MR) is 93.1 cm³/mol. The summed E-state index contributed by atoms with van der Waals surface area (Å²) < 4.78 is 44.2. The Labute approximate surface area is 149 Å². The second kappa shape index (κ2) is 7.68. The molecule has 0 atom stereocenters. The normalized spacial score (nSPS) is 14.3. The van der Waals surface area contributed by atoms with Crippen molar-refractivity contribution in [1.29, 1.82) is 0 Å². The third-order valence-electron chi connectivity index (χ3n) is 4.22. The van der Waals surface area contributed by atoms with Crippen LogP contribution in [-0.4, -0.2) is 19.2 Å². The average molecular weight is 364 g/mol. The fraction of sp³-hybridized carbons (Fsp3) is 0.316. The minimum atomic E-state index is -4.48. The summed E-state index contributed by atoms with van der Waals surface area (Å²) in [6.45, 7) is 1.54. The molecule has 26 heavy (non-hydrogen) atoms. The summed E-state index contributed by atoms with van der Waals surface area (Å²) in [6.07, 6.45) is -3.32. The van der Waals surface area contributed by atoms with E-state index in [2.05, 4.69) is 5.32 Å². The quantitative estimate of drug-likeness (QED) is 0.825. The zero-order valence-electron chi connectivity index (χ0n) is 14.1. The molecule has 1 N–H and O–H groups in total. The van der Waals surface area contributed by atoms with Gasteiger partial charge in [0.15, 0.2) is 0 Å². The first-order valence-electron chi connectivity index (χ1n) is 8.37. The molecule has 2 aromatic rings. The van der Waals surface area contributed by atoms with Gasteiger partial charge in [0.05, 0.1) is 16.9 Å². The number of halogens is 3. The van der Waals surface area contributed by atoms with Gasteiger partial charge in [-0.15, -0.1) is 0 Å². The molecule has 7 heteroatoms. The van der Waals surface area contributed by atoms with Gasteiger partial charge in [-0.05, 0) is 36.6 Å². The number of amides is 1. The number of hydrogen-bond donors (Lipinski definition) is 1. The molecule has 0 bridgehead atoms. The maximum absolute atomic E-state index is 13.0. The lowest BCUT2D eigenvalue weighted by Crippen LogP contribution is -2.22. The van der Waals surface area contributed by atoms with Crippen molar-refractivity contribution < 1.29 is 22.7 Å². The van der Waals surface area contributed by atoms with Crippen LogP contribution in [-0.2, 0) is 17.5 Å². The van der Waals surface area contributed by atoms with Crippen LogP contribution >= 0.6 is 0 Å². The molecule has 2 aromatic carbocycles. The van der Waals surface area contributed by atoms with Crippen LogP contribution in [0.5, 0.6) is 0 Å². The molecule has 1 amide bonds. The second-order valence-corrected chi connectivity index (χ2v) is 6.11. The highest BCUT2D eigenvalue weighted by molar-refractivity contribution is 5.90. The number of hydrogen-bond acceptors (Lipinski definition) is 3. The molecule has 0 spiro atoms. The zero-order chi connectivity index (χ0) is 18.6. The predicted octanol–water partition coefficient (Wildman–Crippen LogP) is 5.05. The highest BCUT2D eigenvalue weighted by Gasteiger charge is 2.32. The number of nitrogens with one attached hydrogen (secondary N) is 1. The van der Waals surface area contributed by atoms with E-state index in [1.807, 2.05) is 23.1 Å². The van der Waals surface area contributed by atoms with Crippen molar-refractivity contribution in [2.75, 3.05) is 23.3 Å². The Hall–Kier alpha value is -2.70. The lowest BCUT2D eigenvalue weighted by atomic mass is 10.1. The highest BCUT2D eigenvalue weighted by Crippen LogP contribution is 2.36. The van der Waals surface area contributed by atoms with Crippen molar-refractivity contribution in [2.45, 2.75) is 25.6 Å². The van der Waals surface area contributed by atoms with Crippen molar-refractivity contribution in [3.05, 3.63) is 59.7 Å². The van der Waals surface area contributed by atoms with Gasteiger partial charge in [0.25, 0.3) is 0 Å². The summed E-state index contributed by atoms with van der Waals surface area (Å²) in [4.78, 5) is 14.0. The van der Waals surface area contributed by atoms with Crippen LogP contribution in [0.25, 0.3) is 0 Å². The van der Waals surface area contributed by atoms with Gasteiger partial charge in [-0.3, -0.25) is 5.32 Å². The molecule has 4 nitrogen and oxygen atoms in total. The minimum Gasteiger partial charge on any atom is -0.444 e. The van der Waals surface area contributed by atoms with E-state index in [0.717, 1.165) is 43.6 Å². The van der Waals surface area contributed by atoms with E-state index in [4.69, 9.17) is 4.74 Å². The van der Waals surface area contributed by atoms with Gasteiger partial charge in [-0.2, -0.15) is 13.2 Å². The molecule has 1 heterocycles. The smallest absolute Gasteiger partial charge is 0.416 e. The summed E-state index contributed by atoms with van der Waals surface area (Å²) in [7, 11) is 0. The number of rotatable bonds is 4. The fourth-order valence-corrected chi connectivity index (χ4v) is 2.92. The van der Waals surface area contributed by atoms with Crippen molar-refractivity contribution in [3.8, 4) is 0 Å². The largest absolute Gasteiger partial charge is 0.444 e. The standard InChI is InChI=1S/C19H19F3N2O2/c20-19(21,22)15-8-9-17(24-10-4-5-11-24)16(12-15)23-18(25)26-13-14-6-2-1-3-7-14/h1-3,6-9,12H,4-5,10-11,13H2,(H,23,25). The SMILES string of the molecule is O=C(Nc1cc(C(F)(F)F)ccc1N1CCCC1)OCc1ccccc1. The molecule has 1 aliphatic rings. The Morgan fingerprint density at radius 3 is 2.42 bits per heavy atom. The van der Waals surface area contributed by atoms with Gasteiger partial charge >= 0.3 is 12.3 Å². The van der Waals surface area contributed by atoms with Crippen LogP contribution in [0.2, 0.25) is 0 Å². The molecule has 0 saturated carbocycles. The summed E-state index contributed by atoms with van der Waals surface area (Å²) in [5.74, 6) is 0. The first-order chi connectivity index (χ1) is 12.4. The molecular weight excluding hydrogens is 345 g/mol. The van der Waals surface area contributed by atoms with Gasteiger partial charge in [-0.25, -0.2) is 4.79 Å². The van der Waals surface area contributed by atoms with Gasteiger partial charge in [-0.1, -0.05) is 30.3 Å². The van der Waals surface area contributed by atoms with E-state index in [1.54, 1.807) is 12.1 Å². The number of carbonyl (C=O) groups is 1. The van der Waals surface area contributed by atoms with E-state index < -0.39 is 17.8 Å². The number of benzene rings is 2. The topological polar surface area (TPSA) is 41.6 Å². The van der Waals surface area contributed by atoms with E-state index >= 15 is 0 Å². The monoisotopic (exact) mass is 364 g/mol. The zero-order valence-corrected chi connectivity index (χ0v) is 14.1. The average Bonchev–Trinajstić information content (AvgIpc) is 3.14. The molecule has 3 rings (SSSR count). The Morgan fingerprint density at radius 1 is 1.08 bits per heavy atom. The summed E-state index contributed by atoms with van der Waals surface area (Å²) in [6, 6.07) is 12.5. The van der Waals surface area contributed by atoms with E-state index in [0.29, 0.717) is 5.69 Å². The van der Waals surface area contributed by atoms with Gasteiger partial charge in [0, 0.05) is 13.1 Å². The van der Waals surface area contributed by atoms with Gasteiger partial charge in [0.1, 0.15) is 6.61 Å². The molecule has 0 aromatic heterocycles. The van der Waals surface area contributed by atoms with Crippen LogP contribution < -0.4 is 10.2 Å². The lowest BCUT2D eigenvalue weighted by Gasteiger charge is -2.22. The maximum atomic E-state index is 13.0. The first kappa shape index (κ1) is 18.1. The lowest BCUT2D eigenvalue weighted by molar-refractivity contribution is -0.137. The van der Waals surface area contributed by atoms with E-state index in [9.17, 15) is 18.0 Å². The van der Waals surface area contributed by atoms with E-state index in [1.165, 1.54) is 6.07 Å².